The molecule has 0 spiro atoms. The van der Waals surface area contributed by atoms with Crippen molar-refractivity contribution in [2.24, 2.45) is 7.05 Å². The van der Waals surface area contributed by atoms with Crippen LogP contribution in [0.25, 0.3) is 10.2 Å². The van der Waals surface area contributed by atoms with Gasteiger partial charge in [0, 0.05) is 19.8 Å². The maximum atomic E-state index is 13.0. The average Bonchev–Trinajstić information content (AvgIpc) is 3.39. The Balaban J connectivity index is 1.52. The standard InChI is InChI=1S/C23H21N3O4S/c1-26-18-10-12-31-20(18)13-19(26)23(28)30-21(17-5-3-4-11-24-17)22(27)25-14-15-6-8-16(29-2)9-7-15/h3-13,21H,14H2,1-2H3,(H,25,27)/t21-/m0/s1. The lowest BCUT2D eigenvalue weighted by Gasteiger charge is -2.17. The van der Waals surface area contributed by atoms with Crippen LogP contribution in [-0.4, -0.2) is 28.5 Å². The van der Waals surface area contributed by atoms with Gasteiger partial charge in [-0.15, -0.1) is 11.3 Å². The molecule has 4 rings (SSSR count). The molecule has 0 aliphatic carbocycles. The lowest BCUT2D eigenvalue weighted by atomic mass is 10.2. The minimum Gasteiger partial charge on any atom is -0.497 e. The number of ether oxygens (including phenoxy) is 2. The minimum atomic E-state index is -1.17. The number of amides is 1. The highest BCUT2D eigenvalue weighted by Crippen LogP contribution is 2.26. The molecule has 31 heavy (non-hydrogen) atoms. The molecule has 0 aliphatic rings. The van der Waals surface area contributed by atoms with E-state index in [-0.39, 0.29) is 6.54 Å². The van der Waals surface area contributed by atoms with Crippen LogP contribution < -0.4 is 10.1 Å². The van der Waals surface area contributed by atoms with E-state index in [1.54, 1.807) is 60.5 Å². The van der Waals surface area contributed by atoms with Crippen molar-refractivity contribution in [1.29, 1.82) is 0 Å². The molecule has 4 aromatic rings. The summed E-state index contributed by atoms with van der Waals surface area (Å²) in [5, 5.41) is 4.79. The molecule has 0 unspecified atom stereocenters. The molecule has 3 heterocycles. The van der Waals surface area contributed by atoms with Gasteiger partial charge in [-0.05, 0) is 47.3 Å². The van der Waals surface area contributed by atoms with Crippen molar-refractivity contribution in [3.05, 3.63) is 83.1 Å². The third-order valence-corrected chi connectivity index (χ3v) is 5.77. The van der Waals surface area contributed by atoms with Crippen LogP contribution in [0, 0.1) is 0 Å². The van der Waals surface area contributed by atoms with Crippen LogP contribution in [0.15, 0.2) is 66.2 Å². The third kappa shape index (κ3) is 4.44. The van der Waals surface area contributed by atoms with Crippen LogP contribution in [0.4, 0.5) is 0 Å². The molecule has 7 nitrogen and oxygen atoms in total. The van der Waals surface area contributed by atoms with Gasteiger partial charge in [0.2, 0.25) is 6.10 Å². The molecular weight excluding hydrogens is 414 g/mol. The number of rotatable bonds is 7. The number of nitrogens with one attached hydrogen (secondary N) is 1. The Morgan fingerprint density at radius 2 is 1.97 bits per heavy atom. The monoisotopic (exact) mass is 435 g/mol. The van der Waals surface area contributed by atoms with Crippen LogP contribution in [0.5, 0.6) is 5.75 Å². The topological polar surface area (TPSA) is 82.5 Å². The van der Waals surface area contributed by atoms with Gasteiger partial charge in [0.1, 0.15) is 11.4 Å². The van der Waals surface area contributed by atoms with E-state index in [9.17, 15) is 9.59 Å². The maximum absolute atomic E-state index is 13.0. The highest BCUT2D eigenvalue weighted by atomic mass is 32.1. The molecule has 0 radical (unpaired) electrons. The largest absolute Gasteiger partial charge is 0.497 e. The summed E-state index contributed by atoms with van der Waals surface area (Å²) < 4.78 is 13.5. The van der Waals surface area contributed by atoms with Gasteiger partial charge in [0.05, 0.1) is 23.0 Å². The number of pyridine rings is 1. The van der Waals surface area contributed by atoms with Crippen molar-refractivity contribution in [2.45, 2.75) is 12.6 Å². The Labute approximate surface area is 183 Å². The number of carbonyl (C=O) groups excluding carboxylic acids is 2. The first kappa shape index (κ1) is 20.6. The van der Waals surface area contributed by atoms with Crippen LogP contribution in [0.3, 0.4) is 0 Å². The molecule has 0 saturated carbocycles. The predicted molar refractivity (Wildman–Crippen MR) is 118 cm³/mol. The zero-order chi connectivity index (χ0) is 21.8. The fourth-order valence-corrected chi connectivity index (χ4v) is 4.07. The summed E-state index contributed by atoms with van der Waals surface area (Å²) in [6.45, 7) is 0.281. The van der Waals surface area contributed by atoms with E-state index in [0.717, 1.165) is 21.5 Å². The summed E-state index contributed by atoms with van der Waals surface area (Å²) in [6, 6.07) is 16.2. The van der Waals surface area contributed by atoms with Gasteiger partial charge < -0.3 is 19.4 Å². The molecule has 0 fully saturated rings. The quantitative estimate of drug-likeness (QED) is 0.446. The molecule has 0 aliphatic heterocycles. The van der Waals surface area contributed by atoms with Gasteiger partial charge in [-0.1, -0.05) is 18.2 Å². The number of carbonyl (C=O) groups is 2. The van der Waals surface area contributed by atoms with Crippen LogP contribution in [0.2, 0.25) is 0 Å². The van der Waals surface area contributed by atoms with E-state index in [4.69, 9.17) is 9.47 Å². The van der Waals surface area contributed by atoms with E-state index >= 15 is 0 Å². The highest BCUT2D eigenvalue weighted by molar-refractivity contribution is 7.17. The van der Waals surface area contributed by atoms with Gasteiger partial charge in [0.15, 0.2) is 0 Å². The SMILES string of the molecule is COc1ccc(CNC(=O)[C@@H](OC(=O)c2cc3sccc3n2C)c2ccccn2)cc1. The molecule has 1 N–H and O–H groups in total. The summed E-state index contributed by atoms with van der Waals surface area (Å²) in [5.74, 6) is -0.294. The molecular formula is C23H21N3O4S. The third-order valence-electron chi connectivity index (χ3n) is 4.92. The summed E-state index contributed by atoms with van der Waals surface area (Å²) in [7, 11) is 3.39. The summed E-state index contributed by atoms with van der Waals surface area (Å²) >= 11 is 1.54. The number of aromatic nitrogens is 2. The normalized spacial score (nSPS) is 11.8. The first-order valence-electron chi connectivity index (χ1n) is 9.62. The van der Waals surface area contributed by atoms with E-state index in [1.165, 1.54) is 0 Å². The smallest absolute Gasteiger partial charge is 0.356 e. The number of thiophene rings is 1. The number of fused-ring (bicyclic) bond motifs is 1. The zero-order valence-corrected chi connectivity index (χ0v) is 17.9. The van der Waals surface area contributed by atoms with Crippen molar-refractivity contribution < 1.29 is 19.1 Å². The van der Waals surface area contributed by atoms with Gasteiger partial charge in [-0.3, -0.25) is 9.78 Å². The number of methoxy groups -OCH3 is 1. The van der Waals surface area contributed by atoms with E-state index in [2.05, 4.69) is 10.3 Å². The number of hydrogen-bond donors (Lipinski definition) is 1. The minimum absolute atomic E-state index is 0.281. The van der Waals surface area contributed by atoms with Crippen LogP contribution in [0.1, 0.15) is 27.8 Å². The predicted octanol–water partition coefficient (Wildman–Crippen LogP) is 3.86. The molecule has 3 aromatic heterocycles. The van der Waals surface area contributed by atoms with Crippen molar-refractivity contribution >= 4 is 33.4 Å². The van der Waals surface area contributed by atoms with Gasteiger partial charge in [0.25, 0.3) is 5.91 Å². The summed E-state index contributed by atoms with van der Waals surface area (Å²) in [6.07, 6.45) is 0.394. The Hall–Kier alpha value is -3.65. The van der Waals surface area contributed by atoms with Crippen molar-refractivity contribution in [2.75, 3.05) is 7.11 Å². The number of nitrogens with zero attached hydrogens (tertiary/aromatic N) is 2. The lowest BCUT2D eigenvalue weighted by Crippen LogP contribution is -2.32. The second kappa shape index (κ2) is 9.01. The fourth-order valence-electron chi connectivity index (χ4n) is 3.22. The first-order valence-corrected chi connectivity index (χ1v) is 10.5. The Bertz CT molecular complexity index is 1200. The lowest BCUT2D eigenvalue weighted by molar-refractivity contribution is -0.130. The van der Waals surface area contributed by atoms with Crippen molar-refractivity contribution in [3.8, 4) is 5.75 Å². The van der Waals surface area contributed by atoms with Crippen LogP contribution >= 0.6 is 11.3 Å². The van der Waals surface area contributed by atoms with Crippen molar-refractivity contribution in [3.63, 3.8) is 0 Å². The summed E-state index contributed by atoms with van der Waals surface area (Å²) in [5.41, 5.74) is 2.57. The zero-order valence-electron chi connectivity index (χ0n) is 17.1. The van der Waals surface area contributed by atoms with Gasteiger partial charge in [-0.2, -0.15) is 0 Å². The Kier molecular flexibility index (Phi) is 5.99. The maximum Gasteiger partial charge on any atom is 0.356 e. The molecule has 0 bridgehead atoms. The molecule has 0 saturated heterocycles. The Morgan fingerprint density at radius 1 is 1.16 bits per heavy atom. The van der Waals surface area contributed by atoms with E-state index in [1.807, 2.05) is 35.7 Å². The van der Waals surface area contributed by atoms with E-state index in [0.29, 0.717) is 11.4 Å². The number of esters is 1. The summed E-state index contributed by atoms with van der Waals surface area (Å²) in [4.78, 5) is 30.1. The molecule has 158 valence electrons. The number of aryl methyl sites for hydroxylation is 1. The first-order chi connectivity index (χ1) is 15.1. The molecule has 8 heteroatoms. The van der Waals surface area contributed by atoms with Gasteiger partial charge >= 0.3 is 5.97 Å². The molecule has 1 amide bonds. The molecule has 1 atom stereocenters. The second-order valence-corrected chi connectivity index (χ2v) is 7.81. The Morgan fingerprint density at radius 3 is 2.65 bits per heavy atom. The number of benzene rings is 1. The highest BCUT2D eigenvalue weighted by Gasteiger charge is 2.28. The second-order valence-electron chi connectivity index (χ2n) is 6.86. The fraction of sp³-hybridized carbons (Fsp3) is 0.174. The van der Waals surface area contributed by atoms with Crippen molar-refractivity contribution in [1.82, 2.24) is 14.9 Å². The number of hydrogen-bond acceptors (Lipinski definition) is 6. The average molecular weight is 436 g/mol. The van der Waals surface area contributed by atoms with E-state index < -0.39 is 18.0 Å². The van der Waals surface area contributed by atoms with Crippen LogP contribution in [-0.2, 0) is 23.1 Å². The van der Waals surface area contributed by atoms with Gasteiger partial charge in [-0.25, -0.2) is 4.79 Å². The molecule has 1 aromatic carbocycles.